The molecule has 1 amide bonds. The number of benzene rings is 3. The molecule has 1 aromatic heterocycles. The summed E-state index contributed by atoms with van der Waals surface area (Å²) in [5.41, 5.74) is 1.88. The molecule has 0 saturated heterocycles. The summed E-state index contributed by atoms with van der Waals surface area (Å²) >= 11 is 10.6. The SMILES string of the molecule is COc1ccc(Cl)cc1NC(=O)CSc1nc(-c2ccc(Br)cc2)nc2ccc(F)cc12. The molecule has 4 aromatic rings. The number of anilines is 1. The van der Waals surface area contributed by atoms with E-state index in [1.54, 1.807) is 24.3 Å². The zero-order chi connectivity index (χ0) is 22.7. The first-order valence-corrected chi connectivity index (χ1v) is 11.6. The van der Waals surface area contributed by atoms with E-state index >= 15 is 0 Å². The Balaban J connectivity index is 1.61. The Hall–Kier alpha value is -2.68. The molecule has 162 valence electrons. The summed E-state index contributed by atoms with van der Waals surface area (Å²) in [6.07, 6.45) is 0. The maximum atomic E-state index is 13.9. The highest BCUT2D eigenvalue weighted by Crippen LogP contribution is 2.31. The number of nitrogens with one attached hydrogen (secondary N) is 1. The molecule has 1 heterocycles. The third kappa shape index (κ3) is 5.20. The minimum Gasteiger partial charge on any atom is -0.495 e. The molecule has 3 aromatic carbocycles. The lowest BCUT2D eigenvalue weighted by molar-refractivity contribution is -0.113. The monoisotopic (exact) mass is 531 g/mol. The van der Waals surface area contributed by atoms with Crippen molar-refractivity contribution in [2.75, 3.05) is 18.2 Å². The third-order valence-electron chi connectivity index (χ3n) is 4.50. The van der Waals surface area contributed by atoms with Crippen LogP contribution in [0.4, 0.5) is 10.1 Å². The van der Waals surface area contributed by atoms with Gasteiger partial charge in [0.25, 0.3) is 0 Å². The quantitative estimate of drug-likeness (QED) is 0.224. The summed E-state index contributed by atoms with van der Waals surface area (Å²) in [5, 5.41) is 4.33. The van der Waals surface area contributed by atoms with Crippen LogP contribution in [0.2, 0.25) is 5.02 Å². The Morgan fingerprint density at radius 3 is 2.66 bits per heavy atom. The predicted molar refractivity (Wildman–Crippen MR) is 130 cm³/mol. The summed E-state index contributed by atoms with van der Waals surface area (Å²) in [4.78, 5) is 21.8. The second-order valence-electron chi connectivity index (χ2n) is 6.70. The zero-order valence-corrected chi connectivity index (χ0v) is 19.9. The Morgan fingerprint density at radius 2 is 1.91 bits per heavy atom. The van der Waals surface area contributed by atoms with Gasteiger partial charge in [0.05, 0.1) is 24.1 Å². The van der Waals surface area contributed by atoms with Gasteiger partial charge in [0, 0.05) is 20.4 Å². The first-order chi connectivity index (χ1) is 15.4. The molecule has 0 unspecified atom stereocenters. The number of fused-ring (bicyclic) bond motifs is 1. The number of methoxy groups -OCH3 is 1. The standard InChI is InChI=1S/C23H16BrClFN3O2S/c1-31-20-9-6-15(25)10-19(20)27-21(30)12-32-23-17-11-16(26)7-8-18(17)28-22(29-23)13-2-4-14(24)5-3-13/h2-11H,12H2,1H3,(H,27,30). The second-order valence-corrected chi connectivity index (χ2v) is 9.02. The van der Waals surface area contributed by atoms with Crippen molar-refractivity contribution in [3.63, 3.8) is 0 Å². The number of rotatable bonds is 6. The molecule has 1 N–H and O–H groups in total. The smallest absolute Gasteiger partial charge is 0.234 e. The van der Waals surface area contributed by atoms with Crippen LogP contribution < -0.4 is 10.1 Å². The lowest BCUT2D eigenvalue weighted by atomic mass is 10.2. The molecule has 0 bridgehead atoms. The van der Waals surface area contributed by atoms with E-state index in [4.69, 9.17) is 16.3 Å². The van der Waals surface area contributed by atoms with Gasteiger partial charge in [0.1, 0.15) is 16.6 Å². The molecule has 0 saturated carbocycles. The van der Waals surface area contributed by atoms with E-state index < -0.39 is 5.82 Å². The van der Waals surface area contributed by atoms with Crippen LogP contribution in [-0.2, 0) is 4.79 Å². The van der Waals surface area contributed by atoms with Crippen molar-refractivity contribution in [3.05, 3.63) is 76.0 Å². The van der Waals surface area contributed by atoms with Crippen LogP contribution in [0.5, 0.6) is 5.75 Å². The number of nitrogens with zero attached hydrogens (tertiary/aromatic N) is 2. The van der Waals surface area contributed by atoms with Crippen LogP contribution in [0.15, 0.2) is 70.2 Å². The maximum Gasteiger partial charge on any atom is 0.234 e. The van der Waals surface area contributed by atoms with Crippen LogP contribution in [0.3, 0.4) is 0 Å². The number of thioether (sulfide) groups is 1. The van der Waals surface area contributed by atoms with Crippen molar-refractivity contribution in [1.82, 2.24) is 9.97 Å². The number of carbonyl (C=O) groups excluding carboxylic acids is 1. The second kappa shape index (κ2) is 9.85. The minimum atomic E-state index is -0.396. The van der Waals surface area contributed by atoms with E-state index in [2.05, 4.69) is 31.2 Å². The van der Waals surface area contributed by atoms with Crippen molar-refractivity contribution in [2.24, 2.45) is 0 Å². The van der Waals surface area contributed by atoms with Crippen LogP contribution in [0.25, 0.3) is 22.3 Å². The fourth-order valence-corrected chi connectivity index (χ4v) is 4.26. The number of halogens is 3. The molecule has 5 nitrogen and oxygen atoms in total. The lowest BCUT2D eigenvalue weighted by Crippen LogP contribution is -2.15. The van der Waals surface area contributed by atoms with Crippen molar-refractivity contribution >= 4 is 61.8 Å². The molecule has 0 radical (unpaired) electrons. The fourth-order valence-electron chi connectivity index (χ4n) is 3.01. The number of amides is 1. The highest BCUT2D eigenvalue weighted by Gasteiger charge is 2.14. The van der Waals surface area contributed by atoms with Crippen molar-refractivity contribution in [3.8, 4) is 17.1 Å². The summed E-state index contributed by atoms with van der Waals surface area (Å²) in [6.45, 7) is 0. The van der Waals surface area contributed by atoms with Crippen molar-refractivity contribution < 1.29 is 13.9 Å². The molecule has 0 aliphatic carbocycles. The first-order valence-electron chi connectivity index (χ1n) is 9.42. The zero-order valence-electron chi connectivity index (χ0n) is 16.7. The molecule has 0 fully saturated rings. The highest BCUT2D eigenvalue weighted by atomic mass is 79.9. The molecule has 32 heavy (non-hydrogen) atoms. The lowest BCUT2D eigenvalue weighted by Gasteiger charge is -2.11. The fraction of sp³-hybridized carbons (Fsp3) is 0.0870. The first kappa shape index (κ1) is 22.5. The van der Waals surface area contributed by atoms with Crippen LogP contribution in [0.1, 0.15) is 0 Å². The maximum absolute atomic E-state index is 13.9. The average Bonchev–Trinajstić information content (AvgIpc) is 2.78. The number of carbonyl (C=O) groups is 1. The Morgan fingerprint density at radius 1 is 1.12 bits per heavy atom. The van der Waals surface area contributed by atoms with Gasteiger partial charge in [-0.2, -0.15) is 0 Å². The summed E-state index contributed by atoms with van der Waals surface area (Å²) in [7, 11) is 1.51. The Bertz CT molecular complexity index is 1300. The third-order valence-corrected chi connectivity index (χ3v) is 6.26. The number of aromatic nitrogens is 2. The van der Waals surface area contributed by atoms with Gasteiger partial charge in [-0.25, -0.2) is 14.4 Å². The average molecular weight is 533 g/mol. The largest absolute Gasteiger partial charge is 0.495 e. The normalized spacial score (nSPS) is 10.9. The number of hydrogen-bond acceptors (Lipinski definition) is 5. The summed E-state index contributed by atoms with van der Waals surface area (Å²) in [6, 6.07) is 16.9. The van der Waals surface area contributed by atoms with Gasteiger partial charge in [-0.3, -0.25) is 4.79 Å². The van der Waals surface area contributed by atoms with E-state index in [-0.39, 0.29) is 11.7 Å². The van der Waals surface area contributed by atoms with Gasteiger partial charge < -0.3 is 10.1 Å². The van der Waals surface area contributed by atoms with Crippen LogP contribution in [0, 0.1) is 5.82 Å². The molecule has 0 aliphatic heterocycles. The Kier molecular flexibility index (Phi) is 6.93. The highest BCUT2D eigenvalue weighted by molar-refractivity contribution is 9.10. The molecule has 9 heteroatoms. The molecule has 4 rings (SSSR count). The van der Waals surface area contributed by atoms with Gasteiger partial charge in [0.2, 0.25) is 5.91 Å². The number of hydrogen-bond donors (Lipinski definition) is 1. The minimum absolute atomic E-state index is 0.0536. The van der Waals surface area contributed by atoms with E-state index in [0.717, 1.165) is 10.0 Å². The molecular weight excluding hydrogens is 517 g/mol. The van der Waals surface area contributed by atoms with Gasteiger partial charge in [-0.15, -0.1) is 0 Å². The molecule has 0 aliphatic rings. The van der Waals surface area contributed by atoms with Gasteiger partial charge in [-0.1, -0.05) is 51.4 Å². The molecule has 0 spiro atoms. The molecule has 0 atom stereocenters. The van der Waals surface area contributed by atoms with E-state index in [1.165, 1.54) is 31.0 Å². The predicted octanol–water partition coefficient (Wildman–Crippen LogP) is 6.59. The van der Waals surface area contributed by atoms with E-state index in [1.807, 2.05) is 24.3 Å². The Labute approximate surface area is 201 Å². The van der Waals surface area contributed by atoms with Crippen LogP contribution >= 0.6 is 39.3 Å². The van der Waals surface area contributed by atoms with Gasteiger partial charge in [-0.05, 0) is 48.5 Å². The summed E-state index contributed by atoms with van der Waals surface area (Å²) in [5.74, 6) is 0.380. The van der Waals surface area contributed by atoms with E-state index in [9.17, 15) is 9.18 Å². The van der Waals surface area contributed by atoms with E-state index in [0.29, 0.717) is 38.2 Å². The van der Waals surface area contributed by atoms with Gasteiger partial charge >= 0.3 is 0 Å². The van der Waals surface area contributed by atoms with Crippen molar-refractivity contribution in [1.29, 1.82) is 0 Å². The van der Waals surface area contributed by atoms with Crippen LogP contribution in [-0.4, -0.2) is 28.7 Å². The molecular formula is C23H16BrClFN3O2S. The van der Waals surface area contributed by atoms with Gasteiger partial charge in [0.15, 0.2) is 5.82 Å². The number of ether oxygens (including phenoxy) is 1. The van der Waals surface area contributed by atoms with Crippen molar-refractivity contribution in [2.45, 2.75) is 5.03 Å². The topological polar surface area (TPSA) is 64.1 Å². The summed E-state index contributed by atoms with van der Waals surface area (Å²) < 4.78 is 20.1.